The number of hydrogen-bond donors (Lipinski definition) is 0. The van der Waals surface area contributed by atoms with Crippen LogP contribution in [0, 0.1) is 0 Å². The zero-order valence-corrected chi connectivity index (χ0v) is 11.7. The molecule has 0 aliphatic carbocycles. The van der Waals surface area contributed by atoms with Gasteiger partial charge in [-0.3, -0.25) is 9.69 Å². The Morgan fingerprint density at radius 3 is 3.00 bits per heavy atom. The number of likely N-dealkylation sites (tertiary alicyclic amines) is 1. The van der Waals surface area contributed by atoms with Crippen LogP contribution >= 0.6 is 0 Å². The molecule has 0 atom stereocenters. The first-order chi connectivity index (χ1) is 9.06. The van der Waals surface area contributed by atoms with Crippen molar-refractivity contribution < 1.29 is 9.53 Å². The van der Waals surface area contributed by atoms with E-state index >= 15 is 0 Å². The van der Waals surface area contributed by atoms with Gasteiger partial charge in [-0.1, -0.05) is 0 Å². The average Bonchev–Trinajstić information content (AvgIpc) is 2.95. The van der Waals surface area contributed by atoms with E-state index in [1.54, 1.807) is 0 Å². The number of ketones is 1. The Morgan fingerprint density at radius 1 is 1.42 bits per heavy atom. The largest absolute Gasteiger partial charge is 0.493 e. The molecule has 0 aromatic heterocycles. The van der Waals surface area contributed by atoms with Gasteiger partial charge in [0.2, 0.25) is 0 Å². The van der Waals surface area contributed by atoms with Gasteiger partial charge in [0, 0.05) is 17.5 Å². The molecule has 0 bridgehead atoms. The van der Waals surface area contributed by atoms with Gasteiger partial charge in [0.15, 0.2) is 5.78 Å². The molecule has 1 aromatic carbocycles. The lowest BCUT2D eigenvalue weighted by molar-refractivity contribution is 0.0871. The van der Waals surface area contributed by atoms with Crippen molar-refractivity contribution in [3.63, 3.8) is 0 Å². The van der Waals surface area contributed by atoms with E-state index in [0.29, 0.717) is 6.54 Å². The standard InChI is InChI=1S/C16H21NO2/c1-16(2)7-3-8-17(16)11-14(18)12-4-5-15-13(10-12)6-9-19-15/h4-5,10H,3,6-9,11H2,1-2H3. The molecular formula is C16H21NO2. The van der Waals surface area contributed by atoms with Gasteiger partial charge in [-0.15, -0.1) is 0 Å². The first-order valence-corrected chi connectivity index (χ1v) is 7.10. The molecule has 0 saturated carbocycles. The number of ether oxygens (including phenoxy) is 1. The first-order valence-electron chi connectivity index (χ1n) is 7.10. The molecule has 2 aliphatic heterocycles. The van der Waals surface area contributed by atoms with Crippen LogP contribution in [0.2, 0.25) is 0 Å². The van der Waals surface area contributed by atoms with Gasteiger partial charge in [0.05, 0.1) is 13.2 Å². The van der Waals surface area contributed by atoms with Crippen LogP contribution in [0.3, 0.4) is 0 Å². The molecule has 3 nitrogen and oxygen atoms in total. The topological polar surface area (TPSA) is 29.5 Å². The number of Topliss-reactive ketones (excluding diaryl/α,β-unsaturated/α-hetero) is 1. The van der Waals surface area contributed by atoms with Gasteiger partial charge in [0.25, 0.3) is 0 Å². The summed E-state index contributed by atoms with van der Waals surface area (Å²) in [4.78, 5) is 14.7. The normalized spacial score (nSPS) is 21.2. The van der Waals surface area contributed by atoms with Crippen molar-refractivity contribution in [2.24, 2.45) is 0 Å². The van der Waals surface area contributed by atoms with Gasteiger partial charge < -0.3 is 4.74 Å². The Balaban J connectivity index is 1.74. The van der Waals surface area contributed by atoms with E-state index in [4.69, 9.17) is 4.74 Å². The van der Waals surface area contributed by atoms with Crippen molar-refractivity contribution in [3.05, 3.63) is 29.3 Å². The van der Waals surface area contributed by atoms with Gasteiger partial charge in [-0.2, -0.15) is 0 Å². The van der Waals surface area contributed by atoms with Crippen LogP contribution < -0.4 is 4.74 Å². The summed E-state index contributed by atoms with van der Waals surface area (Å²) in [6.07, 6.45) is 3.29. The number of benzene rings is 1. The summed E-state index contributed by atoms with van der Waals surface area (Å²) in [5.74, 6) is 1.17. The van der Waals surface area contributed by atoms with Gasteiger partial charge in [0.1, 0.15) is 5.75 Å². The summed E-state index contributed by atoms with van der Waals surface area (Å²) < 4.78 is 5.48. The van der Waals surface area contributed by atoms with Crippen molar-refractivity contribution in [2.75, 3.05) is 19.7 Å². The Hall–Kier alpha value is -1.35. The van der Waals surface area contributed by atoms with E-state index in [0.717, 1.165) is 30.9 Å². The minimum absolute atomic E-state index is 0.162. The number of hydrogen-bond acceptors (Lipinski definition) is 3. The lowest BCUT2D eigenvalue weighted by Gasteiger charge is -2.30. The van der Waals surface area contributed by atoms with Crippen molar-refractivity contribution in [2.45, 2.75) is 38.6 Å². The fourth-order valence-electron chi connectivity index (χ4n) is 3.08. The molecule has 0 unspecified atom stereocenters. The van der Waals surface area contributed by atoms with Crippen LogP contribution in [0.5, 0.6) is 5.75 Å². The first kappa shape index (κ1) is 12.7. The average molecular weight is 259 g/mol. The summed E-state index contributed by atoms with van der Waals surface area (Å²) in [5.41, 5.74) is 2.16. The lowest BCUT2D eigenvalue weighted by Crippen LogP contribution is -2.41. The second kappa shape index (κ2) is 4.64. The van der Waals surface area contributed by atoms with Crippen LogP contribution in [0.1, 0.15) is 42.6 Å². The number of carbonyl (C=O) groups is 1. The van der Waals surface area contributed by atoms with Gasteiger partial charge in [-0.25, -0.2) is 0 Å². The molecule has 3 heteroatoms. The molecule has 0 radical (unpaired) electrons. The molecule has 2 aliphatic rings. The van der Waals surface area contributed by atoms with E-state index < -0.39 is 0 Å². The monoisotopic (exact) mass is 259 g/mol. The fraction of sp³-hybridized carbons (Fsp3) is 0.562. The molecule has 19 heavy (non-hydrogen) atoms. The summed E-state index contributed by atoms with van der Waals surface area (Å²) in [6.45, 7) is 6.76. The van der Waals surface area contributed by atoms with Crippen molar-refractivity contribution in [3.8, 4) is 5.75 Å². The van der Waals surface area contributed by atoms with Crippen molar-refractivity contribution in [1.29, 1.82) is 0 Å². The van der Waals surface area contributed by atoms with Gasteiger partial charge >= 0.3 is 0 Å². The van der Waals surface area contributed by atoms with E-state index in [-0.39, 0.29) is 11.3 Å². The second-order valence-electron chi connectivity index (χ2n) is 6.18. The van der Waals surface area contributed by atoms with Crippen molar-refractivity contribution >= 4 is 5.78 Å². The number of nitrogens with zero attached hydrogens (tertiary/aromatic N) is 1. The number of fused-ring (bicyclic) bond motifs is 1. The van der Waals surface area contributed by atoms with E-state index in [1.165, 1.54) is 18.4 Å². The predicted molar refractivity (Wildman–Crippen MR) is 74.9 cm³/mol. The summed E-state index contributed by atoms with van der Waals surface area (Å²) in [7, 11) is 0. The van der Waals surface area contributed by atoms with E-state index in [9.17, 15) is 4.79 Å². The highest BCUT2D eigenvalue weighted by Gasteiger charge is 2.33. The highest BCUT2D eigenvalue weighted by molar-refractivity contribution is 5.98. The molecule has 102 valence electrons. The quantitative estimate of drug-likeness (QED) is 0.782. The molecule has 3 rings (SSSR count). The van der Waals surface area contributed by atoms with E-state index in [1.807, 2.05) is 18.2 Å². The van der Waals surface area contributed by atoms with Crippen LogP contribution in [0.4, 0.5) is 0 Å². The number of rotatable bonds is 3. The molecule has 1 fully saturated rings. The molecule has 1 aromatic rings. The summed E-state index contributed by atoms with van der Waals surface area (Å²) in [5, 5.41) is 0. The molecule has 1 saturated heterocycles. The third-order valence-corrected chi connectivity index (χ3v) is 4.42. The Kier molecular flexibility index (Phi) is 3.09. The Bertz CT molecular complexity index is 507. The maximum absolute atomic E-state index is 12.4. The van der Waals surface area contributed by atoms with E-state index in [2.05, 4.69) is 18.7 Å². The predicted octanol–water partition coefficient (Wildman–Crippen LogP) is 2.68. The molecule has 0 amide bonds. The smallest absolute Gasteiger partial charge is 0.176 e. The van der Waals surface area contributed by atoms with Crippen LogP contribution in [-0.2, 0) is 6.42 Å². The van der Waals surface area contributed by atoms with Crippen molar-refractivity contribution in [1.82, 2.24) is 4.90 Å². The number of carbonyl (C=O) groups excluding carboxylic acids is 1. The molecule has 0 N–H and O–H groups in total. The third-order valence-electron chi connectivity index (χ3n) is 4.42. The minimum Gasteiger partial charge on any atom is -0.493 e. The zero-order chi connectivity index (χ0) is 13.5. The highest BCUT2D eigenvalue weighted by atomic mass is 16.5. The fourth-order valence-corrected chi connectivity index (χ4v) is 3.08. The third kappa shape index (κ3) is 2.39. The lowest BCUT2D eigenvalue weighted by atomic mass is 10.0. The zero-order valence-electron chi connectivity index (χ0n) is 11.7. The Labute approximate surface area is 114 Å². The maximum Gasteiger partial charge on any atom is 0.176 e. The minimum atomic E-state index is 0.162. The summed E-state index contributed by atoms with van der Waals surface area (Å²) in [6, 6.07) is 5.84. The maximum atomic E-state index is 12.4. The van der Waals surface area contributed by atoms with Crippen LogP contribution in [-0.4, -0.2) is 35.9 Å². The Morgan fingerprint density at radius 2 is 2.26 bits per heavy atom. The van der Waals surface area contributed by atoms with Crippen LogP contribution in [0.25, 0.3) is 0 Å². The SMILES string of the molecule is CC1(C)CCCN1CC(=O)c1ccc2c(c1)CCO2. The highest BCUT2D eigenvalue weighted by Crippen LogP contribution is 2.29. The summed E-state index contributed by atoms with van der Waals surface area (Å²) >= 11 is 0. The molecule has 0 spiro atoms. The molecule has 2 heterocycles. The van der Waals surface area contributed by atoms with Gasteiger partial charge in [-0.05, 0) is 57.0 Å². The van der Waals surface area contributed by atoms with Crippen LogP contribution in [0.15, 0.2) is 18.2 Å². The molecular weight excluding hydrogens is 238 g/mol. The second-order valence-corrected chi connectivity index (χ2v) is 6.18.